The number of ether oxygens (including phenoxy) is 1. The van der Waals surface area contributed by atoms with Crippen LogP contribution < -0.4 is 10.1 Å². The van der Waals surface area contributed by atoms with Gasteiger partial charge in [-0.05, 0) is 25.0 Å². The highest BCUT2D eigenvalue weighted by Crippen LogP contribution is 2.25. The lowest BCUT2D eigenvalue weighted by Gasteiger charge is -2.08. The van der Waals surface area contributed by atoms with Crippen molar-refractivity contribution in [2.45, 2.75) is 18.9 Å². The Morgan fingerprint density at radius 2 is 2.27 bits per heavy atom. The molecule has 1 aliphatic rings. The molecular weight excluding hydrogens is 194 g/mol. The van der Waals surface area contributed by atoms with E-state index in [4.69, 9.17) is 4.74 Å². The van der Waals surface area contributed by atoms with Gasteiger partial charge in [0.1, 0.15) is 11.5 Å². The van der Waals surface area contributed by atoms with E-state index in [0.29, 0.717) is 17.4 Å². The number of hydrogen-bond acceptors (Lipinski definition) is 3. The number of nitrogens with one attached hydrogen (secondary N) is 1. The molecule has 4 nitrogen and oxygen atoms in total. The third kappa shape index (κ3) is 2.21. The molecule has 0 unspecified atom stereocenters. The van der Waals surface area contributed by atoms with Crippen LogP contribution in [0.2, 0.25) is 0 Å². The van der Waals surface area contributed by atoms with Crippen LogP contribution in [0.5, 0.6) is 11.5 Å². The van der Waals surface area contributed by atoms with E-state index in [1.54, 1.807) is 6.07 Å². The van der Waals surface area contributed by atoms with Crippen molar-refractivity contribution < 1.29 is 14.6 Å². The van der Waals surface area contributed by atoms with Crippen molar-refractivity contribution in [2.24, 2.45) is 0 Å². The fraction of sp³-hybridized carbons (Fsp3) is 0.364. The molecule has 0 radical (unpaired) electrons. The first-order valence-corrected chi connectivity index (χ1v) is 4.88. The van der Waals surface area contributed by atoms with Crippen LogP contribution in [-0.4, -0.2) is 24.2 Å². The quantitative estimate of drug-likeness (QED) is 0.785. The van der Waals surface area contributed by atoms with Gasteiger partial charge in [0, 0.05) is 12.1 Å². The van der Waals surface area contributed by atoms with Crippen molar-refractivity contribution in [1.29, 1.82) is 0 Å². The van der Waals surface area contributed by atoms with Crippen LogP contribution in [0.3, 0.4) is 0 Å². The molecule has 1 amide bonds. The monoisotopic (exact) mass is 207 g/mol. The highest BCUT2D eigenvalue weighted by molar-refractivity contribution is 5.97. The number of amides is 1. The van der Waals surface area contributed by atoms with Crippen molar-refractivity contribution >= 4 is 5.91 Å². The van der Waals surface area contributed by atoms with Crippen LogP contribution in [0.15, 0.2) is 18.2 Å². The Morgan fingerprint density at radius 3 is 2.87 bits per heavy atom. The topological polar surface area (TPSA) is 58.6 Å². The molecule has 1 aromatic rings. The number of phenolic OH excluding ortho intramolecular Hbond substituents is 1. The van der Waals surface area contributed by atoms with Gasteiger partial charge in [-0.1, -0.05) is 0 Å². The molecule has 0 saturated heterocycles. The van der Waals surface area contributed by atoms with E-state index in [0.717, 1.165) is 12.8 Å². The second kappa shape index (κ2) is 3.81. The minimum absolute atomic E-state index is 0.0924. The lowest BCUT2D eigenvalue weighted by Crippen LogP contribution is -2.25. The van der Waals surface area contributed by atoms with E-state index in [-0.39, 0.29) is 11.7 Å². The maximum Gasteiger partial charge on any atom is 0.255 e. The first kappa shape index (κ1) is 9.83. The molecule has 0 aromatic heterocycles. The van der Waals surface area contributed by atoms with Crippen molar-refractivity contribution in [3.63, 3.8) is 0 Å². The molecule has 2 rings (SSSR count). The van der Waals surface area contributed by atoms with Crippen LogP contribution in [-0.2, 0) is 0 Å². The lowest BCUT2D eigenvalue weighted by molar-refractivity contribution is 0.0948. The zero-order valence-electron chi connectivity index (χ0n) is 8.49. The summed E-state index contributed by atoms with van der Waals surface area (Å²) in [6.45, 7) is 0. The molecule has 15 heavy (non-hydrogen) atoms. The summed E-state index contributed by atoms with van der Waals surface area (Å²) in [6, 6.07) is 4.79. The standard InChI is InChI=1S/C11H13NO3/c1-15-10-6-8(13)4-5-9(10)11(14)12-7-2-3-7/h4-7,13H,2-3H2,1H3,(H,12,14). The number of phenols is 1. The Morgan fingerprint density at radius 1 is 1.53 bits per heavy atom. The summed E-state index contributed by atoms with van der Waals surface area (Å²) in [5, 5.41) is 12.1. The molecule has 1 aliphatic carbocycles. The minimum atomic E-state index is -0.144. The number of aromatic hydroxyl groups is 1. The van der Waals surface area contributed by atoms with Gasteiger partial charge in [-0.15, -0.1) is 0 Å². The van der Waals surface area contributed by atoms with E-state index < -0.39 is 0 Å². The zero-order chi connectivity index (χ0) is 10.8. The van der Waals surface area contributed by atoms with Crippen molar-refractivity contribution in [1.82, 2.24) is 5.32 Å². The predicted molar refractivity (Wildman–Crippen MR) is 55.1 cm³/mol. The molecule has 2 N–H and O–H groups in total. The average molecular weight is 207 g/mol. The number of rotatable bonds is 3. The fourth-order valence-corrected chi connectivity index (χ4v) is 1.36. The molecule has 0 spiro atoms. The Hall–Kier alpha value is -1.71. The third-order valence-electron chi connectivity index (χ3n) is 2.34. The summed E-state index contributed by atoms with van der Waals surface area (Å²) in [6.07, 6.45) is 2.10. The van der Waals surface area contributed by atoms with Gasteiger partial charge in [0.05, 0.1) is 12.7 Å². The first-order valence-electron chi connectivity index (χ1n) is 4.88. The number of carbonyl (C=O) groups is 1. The van der Waals surface area contributed by atoms with Gasteiger partial charge < -0.3 is 15.2 Å². The highest BCUT2D eigenvalue weighted by Gasteiger charge is 2.25. The SMILES string of the molecule is COc1cc(O)ccc1C(=O)NC1CC1. The van der Waals surface area contributed by atoms with Gasteiger partial charge in [-0.2, -0.15) is 0 Å². The van der Waals surface area contributed by atoms with Crippen LogP contribution in [0.1, 0.15) is 23.2 Å². The van der Waals surface area contributed by atoms with Gasteiger partial charge in [-0.3, -0.25) is 4.79 Å². The fourth-order valence-electron chi connectivity index (χ4n) is 1.36. The summed E-state index contributed by atoms with van der Waals surface area (Å²) < 4.78 is 5.03. The molecule has 1 fully saturated rings. The van der Waals surface area contributed by atoms with Gasteiger partial charge in [0.15, 0.2) is 0 Å². The summed E-state index contributed by atoms with van der Waals surface area (Å²) in [7, 11) is 1.47. The molecule has 0 bridgehead atoms. The molecule has 1 aromatic carbocycles. The highest BCUT2D eigenvalue weighted by atomic mass is 16.5. The smallest absolute Gasteiger partial charge is 0.255 e. The third-order valence-corrected chi connectivity index (χ3v) is 2.34. The maximum atomic E-state index is 11.7. The van der Waals surface area contributed by atoms with Crippen LogP contribution in [0.4, 0.5) is 0 Å². The van der Waals surface area contributed by atoms with E-state index >= 15 is 0 Å². The van der Waals surface area contributed by atoms with Crippen LogP contribution in [0, 0.1) is 0 Å². The molecule has 1 saturated carbocycles. The largest absolute Gasteiger partial charge is 0.508 e. The Balaban J connectivity index is 2.21. The Labute approximate surface area is 87.9 Å². The molecule has 80 valence electrons. The Bertz CT molecular complexity index is 385. The van der Waals surface area contributed by atoms with Crippen LogP contribution in [0.25, 0.3) is 0 Å². The van der Waals surface area contributed by atoms with Crippen molar-refractivity contribution in [3.05, 3.63) is 23.8 Å². The Kier molecular flexibility index (Phi) is 2.49. The van der Waals surface area contributed by atoms with Gasteiger partial charge in [0.2, 0.25) is 0 Å². The molecule has 4 heteroatoms. The number of hydrogen-bond donors (Lipinski definition) is 2. The predicted octanol–water partition coefficient (Wildman–Crippen LogP) is 1.29. The van der Waals surface area contributed by atoms with E-state index in [9.17, 15) is 9.90 Å². The summed E-state index contributed by atoms with van der Waals surface area (Å²) in [5.41, 5.74) is 0.460. The summed E-state index contributed by atoms with van der Waals surface area (Å²) >= 11 is 0. The van der Waals surface area contributed by atoms with E-state index in [2.05, 4.69) is 5.32 Å². The normalized spacial score (nSPS) is 14.7. The molecule has 0 atom stereocenters. The van der Waals surface area contributed by atoms with Gasteiger partial charge >= 0.3 is 0 Å². The van der Waals surface area contributed by atoms with Gasteiger partial charge in [0.25, 0.3) is 5.91 Å². The average Bonchev–Trinajstić information content (AvgIpc) is 3.01. The number of methoxy groups -OCH3 is 1. The van der Waals surface area contributed by atoms with E-state index in [1.807, 2.05) is 0 Å². The number of carbonyl (C=O) groups excluding carboxylic acids is 1. The zero-order valence-corrected chi connectivity index (χ0v) is 8.49. The first-order chi connectivity index (χ1) is 7.20. The molecule has 0 aliphatic heterocycles. The summed E-state index contributed by atoms with van der Waals surface area (Å²) in [4.78, 5) is 11.7. The van der Waals surface area contributed by atoms with Gasteiger partial charge in [-0.25, -0.2) is 0 Å². The summed E-state index contributed by atoms with van der Waals surface area (Å²) in [5.74, 6) is 0.345. The molecular formula is C11H13NO3. The second-order valence-corrected chi connectivity index (χ2v) is 3.63. The lowest BCUT2D eigenvalue weighted by atomic mass is 10.2. The maximum absolute atomic E-state index is 11.7. The van der Waals surface area contributed by atoms with E-state index in [1.165, 1.54) is 19.2 Å². The minimum Gasteiger partial charge on any atom is -0.508 e. The second-order valence-electron chi connectivity index (χ2n) is 3.63. The van der Waals surface area contributed by atoms with Crippen LogP contribution >= 0.6 is 0 Å². The van der Waals surface area contributed by atoms with Crippen molar-refractivity contribution in [3.8, 4) is 11.5 Å². The molecule has 0 heterocycles. The van der Waals surface area contributed by atoms with Crippen molar-refractivity contribution in [2.75, 3.05) is 7.11 Å². The number of benzene rings is 1.